The van der Waals surface area contributed by atoms with Crippen LogP contribution >= 0.6 is 12.4 Å². The van der Waals surface area contributed by atoms with Crippen LogP contribution in [0.2, 0.25) is 0 Å². The molecule has 0 spiro atoms. The SMILES string of the molecule is CC(=O)Oc1cccc(C(=O)c2ccccc2)c1NCCN1CCOCC1.Cl. The number of ether oxygens (including phenoxy) is 2. The van der Waals surface area contributed by atoms with Crippen molar-refractivity contribution in [3.63, 3.8) is 0 Å². The summed E-state index contributed by atoms with van der Waals surface area (Å²) < 4.78 is 10.7. The molecule has 1 aliphatic heterocycles. The number of para-hydroxylation sites is 1. The monoisotopic (exact) mass is 404 g/mol. The molecule has 0 bridgehead atoms. The second kappa shape index (κ2) is 10.8. The number of rotatable bonds is 7. The summed E-state index contributed by atoms with van der Waals surface area (Å²) >= 11 is 0. The van der Waals surface area contributed by atoms with Crippen LogP contribution in [0.3, 0.4) is 0 Å². The number of hydrogen-bond acceptors (Lipinski definition) is 6. The highest BCUT2D eigenvalue weighted by Crippen LogP contribution is 2.30. The zero-order valence-electron chi connectivity index (χ0n) is 15.8. The Hall–Kier alpha value is -2.41. The van der Waals surface area contributed by atoms with E-state index in [4.69, 9.17) is 9.47 Å². The zero-order chi connectivity index (χ0) is 19.1. The Labute approximate surface area is 171 Å². The molecular formula is C21H25ClN2O4. The first-order valence-electron chi connectivity index (χ1n) is 9.10. The first-order chi connectivity index (χ1) is 13.1. The van der Waals surface area contributed by atoms with E-state index in [1.54, 1.807) is 30.3 Å². The van der Waals surface area contributed by atoms with E-state index >= 15 is 0 Å². The summed E-state index contributed by atoms with van der Waals surface area (Å²) in [7, 11) is 0. The minimum atomic E-state index is -0.421. The molecule has 2 aromatic rings. The van der Waals surface area contributed by atoms with Gasteiger partial charge in [-0.2, -0.15) is 0 Å². The normalized spacial score (nSPS) is 14.0. The van der Waals surface area contributed by atoms with Crippen molar-refractivity contribution in [1.82, 2.24) is 4.90 Å². The molecule has 0 unspecified atom stereocenters. The molecule has 150 valence electrons. The van der Waals surface area contributed by atoms with E-state index in [0.29, 0.717) is 29.1 Å². The fourth-order valence-corrected chi connectivity index (χ4v) is 3.05. The molecule has 6 nitrogen and oxygen atoms in total. The molecule has 7 heteroatoms. The van der Waals surface area contributed by atoms with Crippen molar-refractivity contribution in [3.05, 3.63) is 59.7 Å². The average Bonchev–Trinajstić information content (AvgIpc) is 2.69. The standard InChI is InChI=1S/C21H24N2O4.ClH/c1-16(24)27-19-9-5-8-18(21(25)17-6-3-2-4-7-17)20(19)22-10-11-23-12-14-26-15-13-23;/h2-9,22H,10-15H2,1H3;1H. The average molecular weight is 405 g/mol. The Morgan fingerprint density at radius 3 is 2.46 bits per heavy atom. The molecule has 1 saturated heterocycles. The molecule has 1 N–H and O–H groups in total. The summed E-state index contributed by atoms with van der Waals surface area (Å²) in [4.78, 5) is 26.7. The van der Waals surface area contributed by atoms with Gasteiger partial charge in [0, 0.05) is 44.2 Å². The number of carbonyl (C=O) groups excluding carboxylic acids is 2. The van der Waals surface area contributed by atoms with Gasteiger partial charge in [0.05, 0.1) is 18.9 Å². The van der Waals surface area contributed by atoms with Gasteiger partial charge < -0.3 is 14.8 Å². The molecule has 0 amide bonds. The molecule has 1 aliphatic rings. The summed E-state index contributed by atoms with van der Waals surface area (Å²) in [6.07, 6.45) is 0. The van der Waals surface area contributed by atoms with E-state index in [1.165, 1.54) is 6.92 Å². The number of ketones is 1. The Balaban J connectivity index is 0.00000280. The Morgan fingerprint density at radius 1 is 1.07 bits per heavy atom. The highest BCUT2D eigenvalue weighted by Gasteiger charge is 2.19. The minimum Gasteiger partial charge on any atom is -0.424 e. The topological polar surface area (TPSA) is 67.9 Å². The predicted molar refractivity (Wildman–Crippen MR) is 111 cm³/mol. The molecule has 0 aromatic heterocycles. The van der Waals surface area contributed by atoms with E-state index in [9.17, 15) is 9.59 Å². The lowest BCUT2D eigenvalue weighted by Gasteiger charge is -2.27. The first-order valence-corrected chi connectivity index (χ1v) is 9.10. The molecule has 0 aliphatic carbocycles. The molecular weight excluding hydrogens is 380 g/mol. The summed E-state index contributed by atoms with van der Waals surface area (Å²) in [5.74, 6) is -0.166. The Morgan fingerprint density at radius 2 is 1.79 bits per heavy atom. The lowest BCUT2D eigenvalue weighted by atomic mass is 10.0. The highest BCUT2D eigenvalue weighted by atomic mass is 35.5. The maximum absolute atomic E-state index is 13.0. The Bertz CT molecular complexity index is 792. The van der Waals surface area contributed by atoms with Crippen LogP contribution in [0.1, 0.15) is 22.8 Å². The van der Waals surface area contributed by atoms with Crippen molar-refractivity contribution in [2.24, 2.45) is 0 Å². The number of nitrogens with zero attached hydrogens (tertiary/aromatic N) is 1. The van der Waals surface area contributed by atoms with Crippen molar-refractivity contribution in [2.45, 2.75) is 6.92 Å². The third-order valence-electron chi connectivity index (χ3n) is 4.39. The van der Waals surface area contributed by atoms with Gasteiger partial charge in [0.1, 0.15) is 0 Å². The largest absolute Gasteiger partial charge is 0.424 e. The summed E-state index contributed by atoms with van der Waals surface area (Å²) in [5.41, 5.74) is 1.63. The van der Waals surface area contributed by atoms with Gasteiger partial charge in [0.15, 0.2) is 11.5 Å². The highest BCUT2D eigenvalue weighted by molar-refractivity contribution is 6.13. The van der Waals surface area contributed by atoms with Crippen molar-refractivity contribution in [1.29, 1.82) is 0 Å². The number of carbonyl (C=O) groups is 2. The van der Waals surface area contributed by atoms with Gasteiger partial charge in [-0.15, -0.1) is 12.4 Å². The molecule has 0 saturated carbocycles. The van der Waals surface area contributed by atoms with E-state index in [1.807, 2.05) is 18.2 Å². The van der Waals surface area contributed by atoms with Gasteiger partial charge in [0.25, 0.3) is 0 Å². The summed E-state index contributed by atoms with van der Waals surface area (Å²) in [6.45, 7) is 6.06. The predicted octanol–water partition coefficient (Wildman–Crippen LogP) is 3.01. The van der Waals surface area contributed by atoms with Crippen molar-refractivity contribution < 1.29 is 19.1 Å². The van der Waals surface area contributed by atoms with E-state index < -0.39 is 5.97 Å². The lowest BCUT2D eigenvalue weighted by Crippen LogP contribution is -2.39. The van der Waals surface area contributed by atoms with Gasteiger partial charge >= 0.3 is 5.97 Å². The number of anilines is 1. The minimum absolute atomic E-state index is 0. The molecule has 2 aromatic carbocycles. The molecule has 0 atom stereocenters. The lowest BCUT2D eigenvalue weighted by molar-refractivity contribution is -0.131. The van der Waals surface area contributed by atoms with Crippen LogP contribution in [-0.2, 0) is 9.53 Å². The van der Waals surface area contributed by atoms with Crippen LogP contribution in [0.4, 0.5) is 5.69 Å². The van der Waals surface area contributed by atoms with E-state index in [0.717, 1.165) is 32.8 Å². The van der Waals surface area contributed by atoms with Gasteiger partial charge in [-0.05, 0) is 12.1 Å². The number of nitrogens with one attached hydrogen (secondary N) is 1. The fraction of sp³-hybridized carbons (Fsp3) is 0.333. The maximum Gasteiger partial charge on any atom is 0.308 e. The molecule has 1 heterocycles. The van der Waals surface area contributed by atoms with E-state index in [2.05, 4.69) is 10.2 Å². The molecule has 28 heavy (non-hydrogen) atoms. The third-order valence-corrected chi connectivity index (χ3v) is 4.39. The summed E-state index contributed by atoms with van der Waals surface area (Å²) in [5, 5.41) is 3.30. The Kier molecular flexibility index (Phi) is 8.44. The van der Waals surface area contributed by atoms with Crippen LogP contribution in [-0.4, -0.2) is 56.0 Å². The van der Waals surface area contributed by atoms with Gasteiger partial charge in [-0.1, -0.05) is 36.4 Å². The van der Waals surface area contributed by atoms with Crippen LogP contribution in [0.5, 0.6) is 5.75 Å². The maximum atomic E-state index is 13.0. The number of esters is 1. The van der Waals surface area contributed by atoms with Gasteiger partial charge in [-0.3, -0.25) is 14.5 Å². The van der Waals surface area contributed by atoms with Crippen LogP contribution < -0.4 is 10.1 Å². The second-order valence-electron chi connectivity index (χ2n) is 6.35. The number of benzene rings is 2. The number of morpholine rings is 1. The van der Waals surface area contributed by atoms with Crippen molar-refractivity contribution in [2.75, 3.05) is 44.7 Å². The second-order valence-corrected chi connectivity index (χ2v) is 6.35. The van der Waals surface area contributed by atoms with Crippen molar-refractivity contribution in [3.8, 4) is 5.75 Å². The number of halogens is 1. The van der Waals surface area contributed by atoms with Crippen molar-refractivity contribution >= 4 is 29.8 Å². The quantitative estimate of drug-likeness (QED) is 0.434. The fourth-order valence-electron chi connectivity index (χ4n) is 3.05. The third kappa shape index (κ3) is 5.79. The summed E-state index contributed by atoms with van der Waals surface area (Å²) in [6, 6.07) is 14.2. The zero-order valence-corrected chi connectivity index (χ0v) is 16.7. The number of hydrogen-bond donors (Lipinski definition) is 1. The molecule has 1 fully saturated rings. The molecule has 0 radical (unpaired) electrons. The van der Waals surface area contributed by atoms with E-state index in [-0.39, 0.29) is 18.2 Å². The van der Waals surface area contributed by atoms with Crippen LogP contribution in [0.15, 0.2) is 48.5 Å². The molecule has 3 rings (SSSR count). The van der Waals surface area contributed by atoms with Gasteiger partial charge in [-0.25, -0.2) is 0 Å². The van der Waals surface area contributed by atoms with Crippen LogP contribution in [0, 0.1) is 0 Å². The first kappa shape index (κ1) is 21.9. The van der Waals surface area contributed by atoms with Crippen LogP contribution in [0.25, 0.3) is 0 Å². The van der Waals surface area contributed by atoms with Gasteiger partial charge in [0.2, 0.25) is 0 Å². The smallest absolute Gasteiger partial charge is 0.308 e.